The van der Waals surface area contributed by atoms with Crippen molar-refractivity contribution in [3.05, 3.63) is 22.4 Å². The van der Waals surface area contributed by atoms with Gasteiger partial charge in [-0.25, -0.2) is 0 Å². The molecule has 1 saturated heterocycles. The maximum Gasteiger partial charge on any atom is 0.0335 e. The van der Waals surface area contributed by atoms with E-state index in [1.54, 1.807) is 0 Å². The van der Waals surface area contributed by atoms with Crippen molar-refractivity contribution in [2.45, 2.75) is 58.0 Å². The molecular weight excluding hydrogens is 252 g/mol. The third kappa shape index (κ3) is 3.39. The summed E-state index contributed by atoms with van der Waals surface area (Å²) in [5, 5.41) is 8.24. The van der Waals surface area contributed by atoms with Crippen molar-refractivity contribution in [2.75, 3.05) is 19.6 Å². The maximum absolute atomic E-state index is 3.75. The smallest absolute Gasteiger partial charge is 0.0335 e. The van der Waals surface area contributed by atoms with Crippen LogP contribution in [0.5, 0.6) is 0 Å². The van der Waals surface area contributed by atoms with Gasteiger partial charge in [0, 0.05) is 11.6 Å². The van der Waals surface area contributed by atoms with Gasteiger partial charge in [-0.2, -0.15) is 11.3 Å². The fraction of sp³-hybridized carbons (Fsp3) is 0.750. The highest BCUT2D eigenvalue weighted by Crippen LogP contribution is 2.30. The van der Waals surface area contributed by atoms with E-state index in [2.05, 4.69) is 47.8 Å². The molecule has 2 nitrogen and oxygen atoms in total. The Morgan fingerprint density at radius 2 is 2.11 bits per heavy atom. The lowest BCUT2D eigenvalue weighted by Gasteiger charge is -2.45. The molecule has 0 spiro atoms. The highest BCUT2D eigenvalue weighted by atomic mass is 32.1. The third-order valence-electron chi connectivity index (χ3n) is 4.77. The predicted molar refractivity (Wildman–Crippen MR) is 85.0 cm³/mol. The lowest BCUT2D eigenvalue weighted by Crippen LogP contribution is -2.59. The molecule has 1 N–H and O–H groups in total. The summed E-state index contributed by atoms with van der Waals surface area (Å²) in [7, 11) is 0. The first kappa shape index (κ1) is 15.0. The summed E-state index contributed by atoms with van der Waals surface area (Å²) in [6.07, 6.45) is 5.10. The van der Waals surface area contributed by atoms with E-state index in [9.17, 15) is 0 Å². The van der Waals surface area contributed by atoms with Crippen molar-refractivity contribution < 1.29 is 0 Å². The fourth-order valence-electron chi connectivity index (χ4n) is 3.32. The van der Waals surface area contributed by atoms with Gasteiger partial charge in [0.05, 0.1) is 0 Å². The van der Waals surface area contributed by atoms with Crippen LogP contribution < -0.4 is 5.32 Å². The van der Waals surface area contributed by atoms with Gasteiger partial charge in [0.2, 0.25) is 0 Å². The zero-order valence-corrected chi connectivity index (χ0v) is 13.4. The third-order valence-corrected chi connectivity index (χ3v) is 5.50. The summed E-state index contributed by atoms with van der Waals surface area (Å²) < 4.78 is 0. The van der Waals surface area contributed by atoms with E-state index in [1.165, 1.54) is 37.9 Å². The number of hydrogen-bond acceptors (Lipinski definition) is 3. The van der Waals surface area contributed by atoms with Crippen LogP contribution in [0.25, 0.3) is 0 Å². The monoisotopic (exact) mass is 280 g/mol. The molecule has 0 saturated carbocycles. The fourth-order valence-corrected chi connectivity index (χ4v) is 4.00. The Balaban J connectivity index is 2.14. The Bertz CT molecular complexity index is 357. The predicted octanol–water partition coefficient (Wildman–Crippen LogP) is 3.53. The summed E-state index contributed by atoms with van der Waals surface area (Å²) in [6.45, 7) is 10.6. The molecule has 108 valence electrons. The normalized spacial score (nSPS) is 21.4. The Labute approximate surface area is 122 Å². The molecule has 2 atom stereocenters. The van der Waals surface area contributed by atoms with Crippen LogP contribution >= 0.6 is 11.3 Å². The van der Waals surface area contributed by atoms with Crippen molar-refractivity contribution in [3.63, 3.8) is 0 Å². The Morgan fingerprint density at radius 1 is 1.37 bits per heavy atom. The minimum atomic E-state index is 0.286. The molecule has 3 heteroatoms. The lowest BCUT2D eigenvalue weighted by atomic mass is 9.84. The van der Waals surface area contributed by atoms with Crippen molar-refractivity contribution in [1.29, 1.82) is 0 Å². The molecule has 2 rings (SSSR count). The average Bonchev–Trinajstić information content (AvgIpc) is 3.10. The second-order valence-corrected chi connectivity index (χ2v) is 6.63. The molecule has 0 amide bonds. The largest absolute Gasteiger partial charge is 0.312 e. The molecule has 1 aromatic heterocycles. The lowest BCUT2D eigenvalue weighted by molar-refractivity contribution is 0.0847. The molecule has 2 heterocycles. The second kappa shape index (κ2) is 6.87. The molecule has 19 heavy (non-hydrogen) atoms. The molecule has 0 aliphatic carbocycles. The van der Waals surface area contributed by atoms with Gasteiger partial charge in [0.1, 0.15) is 0 Å². The molecule has 1 fully saturated rings. The van der Waals surface area contributed by atoms with E-state index in [1.807, 2.05) is 11.3 Å². The number of rotatable bonds is 7. The maximum atomic E-state index is 3.75. The Hall–Kier alpha value is -0.380. The number of likely N-dealkylation sites (tertiary alicyclic amines) is 1. The SMILES string of the molecule is CCNC(Cc1ccsc1)C(C)(CC)N1CCCC1. The minimum absolute atomic E-state index is 0.286. The zero-order chi connectivity index (χ0) is 13.7. The molecule has 0 aromatic carbocycles. The number of thiophene rings is 1. The van der Waals surface area contributed by atoms with Gasteiger partial charge in [-0.3, -0.25) is 4.90 Å². The topological polar surface area (TPSA) is 15.3 Å². The van der Waals surface area contributed by atoms with Crippen LogP contribution in [0.3, 0.4) is 0 Å². The van der Waals surface area contributed by atoms with Gasteiger partial charge in [0.25, 0.3) is 0 Å². The standard InChI is InChI=1S/C16H28N2S/c1-4-16(3,18-9-6-7-10-18)15(17-5-2)12-14-8-11-19-13-14/h8,11,13,15,17H,4-7,9-10,12H2,1-3H3. The van der Waals surface area contributed by atoms with E-state index in [0.717, 1.165) is 13.0 Å². The van der Waals surface area contributed by atoms with Gasteiger partial charge in [-0.1, -0.05) is 13.8 Å². The van der Waals surface area contributed by atoms with E-state index >= 15 is 0 Å². The number of likely N-dealkylation sites (N-methyl/N-ethyl adjacent to an activating group) is 1. The molecule has 1 aromatic rings. The van der Waals surface area contributed by atoms with Gasteiger partial charge in [-0.15, -0.1) is 0 Å². The summed E-state index contributed by atoms with van der Waals surface area (Å²) in [4.78, 5) is 2.71. The van der Waals surface area contributed by atoms with Crippen molar-refractivity contribution in [3.8, 4) is 0 Å². The van der Waals surface area contributed by atoms with Crippen LogP contribution in [0, 0.1) is 0 Å². The van der Waals surface area contributed by atoms with Crippen LogP contribution in [0.15, 0.2) is 16.8 Å². The number of nitrogens with one attached hydrogen (secondary N) is 1. The molecule has 1 aliphatic heterocycles. The summed E-state index contributed by atoms with van der Waals surface area (Å²) in [6, 6.07) is 2.82. The average molecular weight is 280 g/mol. The second-order valence-electron chi connectivity index (χ2n) is 5.85. The summed E-state index contributed by atoms with van der Waals surface area (Å²) >= 11 is 1.81. The van der Waals surface area contributed by atoms with E-state index in [-0.39, 0.29) is 5.54 Å². The van der Waals surface area contributed by atoms with E-state index < -0.39 is 0 Å². The Morgan fingerprint density at radius 3 is 2.63 bits per heavy atom. The summed E-state index contributed by atoms with van der Waals surface area (Å²) in [5.41, 5.74) is 1.77. The first-order chi connectivity index (χ1) is 9.20. The van der Waals surface area contributed by atoms with Crippen LogP contribution in [0.2, 0.25) is 0 Å². The summed E-state index contributed by atoms with van der Waals surface area (Å²) in [5.74, 6) is 0. The molecular formula is C16H28N2S. The number of nitrogens with zero attached hydrogens (tertiary/aromatic N) is 1. The van der Waals surface area contributed by atoms with Gasteiger partial charge < -0.3 is 5.32 Å². The Kier molecular flexibility index (Phi) is 5.43. The molecule has 1 aliphatic rings. The van der Waals surface area contributed by atoms with Crippen molar-refractivity contribution in [2.24, 2.45) is 0 Å². The molecule has 0 radical (unpaired) electrons. The molecule has 2 unspecified atom stereocenters. The first-order valence-corrected chi connectivity index (χ1v) is 8.64. The van der Waals surface area contributed by atoms with Crippen molar-refractivity contribution >= 4 is 11.3 Å². The van der Waals surface area contributed by atoms with Crippen LogP contribution in [-0.4, -0.2) is 36.1 Å². The van der Waals surface area contributed by atoms with Crippen LogP contribution in [0.1, 0.15) is 45.6 Å². The zero-order valence-electron chi connectivity index (χ0n) is 12.6. The van der Waals surface area contributed by atoms with E-state index in [0.29, 0.717) is 6.04 Å². The molecule has 0 bridgehead atoms. The quantitative estimate of drug-likeness (QED) is 0.822. The minimum Gasteiger partial charge on any atom is -0.312 e. The van der Waals surface area contributed by atoms with E-state index in [4.69, 9.17) is 0 Å². The van der Waals surface area contributed by atoms with Gasteiger partial charge >= 0.3 is 0 Å². The highest BCUT2D eigenvalue weighted by Gasteiger charge is 2.38. The van der Waals surface area contributed by atoms with Crippen LogP contribution in [-0.2, 0) is 6.42 Å². The first-order valence-electron chi connectivity index (χ1n) is 7.70. The number of hydrogen-bond donors (Lipinski definition) is 1. The highest BCUT2D eigenvalue weighted by molar-refractivity contribution is 7.07. The van der Waals surface area contributed by atoms with Gasteiger partial charge in [-0.05, 0) is 74.6 Å². The van der Waals surface area contributed by atoms with Crippen molar-refractivity contribution in [1.82, 2.24) is 10.2 Å². The van der Waals surface area contributed by atoms with Gasteiger partial charge in [0.15, 0.2) is 0 Å². The van der Waals surface area contributed by atoms with Crippen LogP contribution in [0.4, 0.5) is 0 Å².